The quantitative estimate of drug-likeness (QED) is 0.879. The van der Waals surface area contributed by atoms with E-state index in [1.807, 2.05) is 11.7 Å². The second-order valence-corrected chi connectivity index (χ2v) is 6.04. The van der Waals surface area contributed by atoms with Gasteiger partial charge in [0.1, 0.15) is 12.2 Å². The van der Waals surface area contributed by atoms with E-state index in [1.165, 1.54) is 5.56 Å². The Labute approximate surface area is 121 Å². The molecule has 20 heavy (non-hydrogen) atoms. The van der Waals surface area contributed by atoms with Crippen LogP contribution in [0, 0.1) is 0 Å². The highest BCUT2D eigenvalue weighted by molar-refractivity contribution is 5.23. The van der Waals surface area contributed by atoms with E-state index in [-0.39, 0.29) is 5.41 Å². The van der Waals surface area contributed by atoms with Crippen LogP contribution in [0.2, 0.25) is 0 Å². The summed E-state index contributed by atoms with van der Waals surface area (Å²) in [5.41, 5.74) is 1.54. The summed E-state index contributed by atoms with van der Waals surface area (Å²) in [6.07, 6.45) is 2.67. The fraction of sp³-hybridized carbons (Fsp3) is 0.500. The lowest BCUT2D eigenvalue weighted by Crippen LogP contribution is -2.33. The van der Waals surface area contributed by atoms with Crippen molar-refractivity contribution in [2.75, 3.05) is 0 Å². The van der Waals surface area contributed by atoms with E-state index in [2.05, 4.69) is 66.5 Å². The van der Waals surface area contributed by atoms with Crippen molar-refractivity contribution in [2.24, 2.45) is 7.05 Å². The summed E-state index contributed by atoms with van der Waals surface area (Å²) in [5, 5.41) is 7.61. The largest absolute Gasteiger partial charge is 0.307 e. The summed E-state index contributed by atoms with van der Waals surface area (Å²) in [7, 11) is 1.92. The minimum Gasteiger partial charge on any atom is -0.307 e. The minimum absolute atomic E-state index is 0.160. The number of nitrogens with zero attached hydrogens (tertiary/aromatic N) is 3. The number of aromatic nitrogens is 3. The fourth-order valence-corrected chi connectivity index (χ4v) is 2.59. The van der Waals surface area contributed by atoms with E-state index < -0.39 is 0 Å². The maximum Gasteiger partial charge on any atom is 0.140 e. The molecule has 0 aliphatic heterocycles. The van der Waals surface area contributed by atoms with Gasteiger partial charge in [-0.15, -0.1) is 0 Å². The van der Waals surface area contributed by atoms with E-state index in [9.17, 15) is 0 Å². The molecule has 0 saturated heterocycles. The predicted octanol–water partition coefficient (Wildman–Crippen LogP) is 2.66. The third-order valence-electron chi connectivity index (χ3n) is 3.79. The highest BCUT2D eigenvalue weighted by atomic mass is 15.3. The third-order valence-corrected chi connectivity index (χ3v) is 3.79. The topological polar surface area (TPSA) is 42.7 Å². The van der Waals surface area contributed by atoms with E-state index in [1.54, 1.807) is 6.33 Å². The monoisotopic (exact) mass is 272 g/mol. The van der Waals surface area contributed by atoms with Gasteiger partial charge in [-0.25, -0.2) is 4.98 Å². The molecule has 1 heterocycles. The molecule has 4 nitrogen and oxygen atoms in total. The van der Waals surface area contributed by atoms with Crippen molar-refractivity contribution in [1.29, 1.82) is 0 Å². The van der Waals surface area contributed by atoms with Crippen molar-refractivity contribution in [1.82, 2.24) is 20.1 Å². The van der Waals surface area contributed by atoms with Gasteiger partial charge >= 0.3 is 0 Å². The van der Waals surface area contributed by atoms with Gasteiger partial charge in [0.25, 0.3) is 0 Å². The van der Waals surface area contributed by atoms with Crippen molar-refractivity contribution >= 4 is 0 Å². The lowest BCUT2D eigenvalue weighted by molar-refractivity contribution is 0.383. The van der Waals surface area contributed by atoms with E-state index in [0.717, 1.165) is 18.8 Å². The highest BCUT2D eigenvalue weighted by Crippen LogP contribution is 2.28. The van der Waals surface area contributed by atoms with Crippen molar-refractivity contribution in [3.05, 3.63) is 48.0 Å². The summed E-state index contributed by atoms with van der Waals surface area (Å²) in [5.74, 6) is 0.967. The number of hydrogen-bond donors (Lipinski definition) is 1. The highest BCUT2D eigenvalue weighted by Gasteiger charge is 2.23. The molecule has 0 fully saturated rings. The van der Waals surface area contributed by atoms with Crippen molar-refractivity contribution in [3.63, 3.8) is 0 Å². The van der Waals surface area contributed by atoms with Gasteiger partial charge in [0.15, 0.2) is 0 Å². The van der Waals surface area contributed by atoms with Crippen LogP contribution in [0.5, 0.6) is 0 Å². The molecule has 1 N–H and O–H groups in total. The molecule has 1 aromatic carbocycles. The van der Waals surface area contributed by atoms with Gasteiger partial charge in [-0.05, 0) is 24.3 Å². The Balaban J connectivity index is 1.91. The Morgan fingerprint density at radius 3 is 2.55 bits per heavy atom. The van der Waals surface area contributed by atoms with Crippen LogP contribution in [-0.4, -0.2) is 20.8 Å². The number of benzene rings is 1. The van der Waals surface area contributed by atoms with Gasteiger partial charge in [0.2, 0.25) is 0 Å². The summed E-state index contributed by atoms with van der Waals surface area (Å²) in [4.78, 5) is 4.23. The molecule has 0 bridgehead atoms. The molecular formula is C16H24N4. The maximum absolute atomic E-state index is 4.23. The van der Waals surface area contributed by atoms with E-state index in [4.69, 9.17) is 0 Å². The standard InChI is InChI=1S/C16H24N4/c1-13(17-11-15-18-12-19-20(15)4)10-16(2,3)14-8-6-5-7-9-14/h5-9,12-13,17H,10-11H2,1-4H3/t13-/m1/s1. The molecule has 0 saturated carbocycles. The minimum atomic E-state index is 0.160. The van der Waals surface area contributed by atoms with Crippen molar-refractivity contribution in [3.8, 4) is 0 Å². The van der Waals surface area contributed by atoms with Crippen LogP contribution >= 0.6 is 0 Å². The average Bonchev–Trinajstić information content (AvgIpc) is 2.82. The van der Waals surface area contributed by atoms with Gasteiger partial charge in [-0.2, -0.15) is 5.10 Å². The van der Waals surface area contributed by atoms with E-state index in [0.29, 0.717) is 6.04 Å². The van der Waals surface area contributed by atoms with Crippen molar-refractivity contribution < 1.29 is 0 Å². The van der Waals surface area contributed by atoms with Gasteiger partial charge in [-0.1, -0.05) is 44.2 Å². The van der Waals surface area contributed by atoms with Crippen LogP contribution in [0.4, 0.5) is 0 Å². The molecule has 0 spiro atoms. The van der Waals surface area contributed by atoms with Crippen LogP contribution in [0.3, 0.4) is 0 Å². The first-order valence-corrected chi connectivity index (χ1v) is 7.11. The Hall–Kier alpha value is -1.68. The first kappa shape index (κ1) is 14.7. The molecule has 0 aliphatic rings. The van der Waals surface area contributed by atoms with Crippen LogP contribution < -0.4 is 5.32 Å². The molecule has 108 valence electrons. The Morgan fingerprint density at radius 1 is 1.25 bits per heavy atom. The molecule has 2 rings (SSSR count). The molecule has 0 radical (unpaired) electrons. The van der Waals surface area contributed by atoms with Crippen LogP contribution in [0.15, 0.2) is 36.7 Å². The second kappa shape index (κ2) is 6.18. The molecule has 2 aromatic rings. The van der Waals surface area contributed by atoms with Gasteiger partial charge < -0.3 is 5.32 Å². The lowest BCUT2D eigenvalue weighted by Gasteiger charge is -2.29. The zero-order valence-electron chi connectivity index (χ0n) is 12.8. The summed E-state index contributed by atoms with van der Waals surface area (Å²) in [6.45, 7) is 7.56. The van der Waals surface area contributed by atoms with Gasteiger partial charge in [0.05, 0.1) is 6.54 Å². The lowest BCUT2D eigenvalue weighted by atomic mass is 9.79. The number of hydrogen-bond acceptors (Lipinski definition) is 3. The van der Waals surface area contributed by atoms with Crippen LogP contribution in [0.25, 0.3) is 0 Å². The van der Waals surface area contributed by atoms with Crippen molar-refractivity contribution in [2.45, 2.75) is 45.2 Å². The molecule has 0 amide bonds. The maximum atomic E-state index is 4.23. The first-order chi connectivity index (χ1) is 9.49. The Morgan fingerprint density at radius 2 is 1.95 bits per heavy atom. The number of nitrogens with one attached hydrogen (secondary N) is 1. The molecule has 4 heteroatoms. The molecule has 0 unspecified atom stereocenters. The SMILES string of the molecule is C[C@H](CC(C)(C)c1ccccc1)NCc1ncnn1C. The average molecular weight is 272 g/mol. The molecule has 1 atom stereocenters. The second-order valence-electron chi connectivity index (χ2n) is 6.04. The van der Waals surface area contributed by atoms with Gasteiger partial charge in [0, 0.05) is 13.1 Å². The molecule has 1 aromatic heterocycles. The Kier molecular flexibility index (Phi) is 4.55. The first-order valence-electron chi connectivity index (χ1n) is 7.11. The number of rotatable bonds is 6. The summed E-state index contributed by atoms with van der Waals surface area (Å²) >= 11 is 0. The van der Waals surface area contributed by atoms with Crippen LogP contribution in [-0.2, 0) is 19.0 Å². The summed E-state index contributed by atoms with van der Waals surface area (Å²) in [6, 6.07) is 11.1. The number of aryl methyl sites for hydroxylation is 1. The van der Waals surface area contributed by atoms with Gasteiger partial charge in [-0.3, -0.25) is 4.68 Å². The van der Waals surface area contributed by atoms with E-state index >= 15 is 0 Å². The third kappa shape index (κ3) is 3.67. The predicted molar refractivity (Wildman–Crippen MR) is 81.4 cm³/mol. The Bertz CT molecular complexity index is 530. The smallest absolute Gasteiger partial charge is 0.140 e. The zero-order chi connectivity index (χ0) is 14.6. The normalized spacial score (nSPS) is 13.4. The van der Waals surface area contributed by atoms with Crippen LogP contribution in [0.1, 0.15) is 38.6 Å². The summed E-state index contributed by atoms with van der Waals surface area (Å²) < 4.78 is 1.81. The zero-order valence-corrected chi connectivity index (χ0v) is 12.8. The fourth-order valence-electron chi connectivity index (χ4n) is 2.59. The molecule has 0 aliphatic carbocycles. The molecular weight excluding hydrogens is 248 g/mol.